The van der Waals surface area contributed by atoms with Crippen molar-refractivity contribution in [2.45, 2.75) is 22.5 Å². The molecule has 2 rings (SSSR count). The molecule has 1 aromatic carbocycles. The monoisotopic (exact) mass is 353 g/mol. The van der Waals surface area contributed by atoms with E-state index >= 15 is 0 Å². The van der Waals surface area contributed by atoms with Gasteiger partial charge < -0.3 is 0 Å². The Bertz CT molecular complexity index is 558. The summed E-state index contributed by atoms with van der Waals surface area (Å²) in [6.07, 6.45) is 4.04. The quantitative estimate of drug-likeness (QED) is 0.885. The van der Waals surface area contributed by atoms with Crippen LogP contribution in [0.4, 0.5) is 4.39 Å². The summed E-state index contributed by atoms with van der Waals surface area (Å²) >= 11 is 4.75. The first-order chi connectivity index (χ1) is 8.38. The molecular weight excluding hydrogens is 341 g/mol. The fourth-order valence-corrected chi connectivity index (χ4v) is 4.58. The lowest BCUT2D eigenvalue weighted by atomic mass is 10.3. The van der Waals surface area contributed by atoms with Crippen LogP contribution in [0.1, 0.15) is 12.8 Å². The van der Waals surface area contributed by atoms with Crippen LogP contribution in [0.25, 0.3) is 0 Å². The summed E-state index contributed by atoms with van der Waals surface area (Å²) in [6.45, 7) is 0.417. The van der Waals surface area contributed by atoms with E-state index in [9.17, 15) is 12.8 Å². The molecule has 1 aliphatic carbocycles. The number of hydrogen-bond acceptors (Lipinski definition) is 3. The van der Waals surface area contributed by atoms with Gasteiger partial charge in [-0.3, -0.25) is 0 Å². The number of halogens is 2. The molecule has 0 aromatic heterocycles. The van der Waals surface area contributed by atoms with Gasteiger partial charge in [0.1, 0.15) is 5.82 Å². The number of rotatable bonds is 5. The molecule has 1 N–H and O–H groups in total. The maximum atomic E-state index is 12.9. The molecule has 1 fully saturated rings. The van der Waals surface area contributed by atoms with E-state index in [2.05, 4.69) is 20.7 Å². The second-order valence-electron chi connectivity index (χ2n) is 4.29. The second-order valence-corrected chi connectivity index (χ2v) is 8.15. The van der Waals surface area contributed by atoms with Crippen molar-refractivity contribution in [3.8, 4) is 0 Å². The van der Waals surface area contributed by atoms with Gasteiger partial charge in [-0.15, -0.1) is 0 Å². The third-order valence-corrected chi connectivity index (χ3v) is 6.81. The minimum atomic E-state index is -3.59. The Balaban J connectivity index is 2.15. The maximum absolute atomic E-state index is 12.9. The fourth-order valence-electron chi connectivity index (χ4n) is 1.59. The standard InChI is InChI=1S/C11H13BrFNO2S2/c1-17-11(4-5-11)7-14-18(15,16)10-3-2-8(13)6-9(10)12/h2-3,6,14H,4-5,7H2,1H3. The summed E-state index contributed by atoms with van der Waals surface area (Å²) < 4.78 is 40.0. The normalized spacial score (nSPS) is 17.7. The topological polar surface area (TPSA) is 46.2 Å². The van der Waals surface area contributed by atoms with E-state index in [1.54, 1.807) is 11.8 Å². The zero-order valence-corrected chi connectivity index (χ0v) is 13.0. The van der Waals surface area contributed by atoms with Gasteiger partial charge in [0.15, 0.2) is 0 Å². The zero-order valence-electron chi connectivity index (χ0n) is 9.74. The molecule has 0 spiro atoms. The minimum absolute atomic E-state index is 0.0551. The molecule has 1 aliphatic rings. The van der Waals surface area contributed by atoms with Crippen molar-refractivity contribution < 1.29 is 12.8 Å². The highest BCUT2D eigenvalue weighted by atomic mass is 79.9. The number of nitrogens with one attached hydrogen (secondary N) is 1. The highest BCUT2D eigenvalue weighted by Gasteiger charge is 2.42. The predicted molar refractivity (Wildman–Crippen MR) is 74.8 cm³/mol. The van der Waals surface area contributed by atoms with Crippen LogP contribution in [0.5, 0.6) is 0 Å². The molecule has 0 aliphatic heterocycles. The van der Waals surface area contributed by atoms with E-state index in [0.717, 1.165) is 25.0 Å². The van der Waals surface area contributed by atoms with E-state index in [1.165, 1.54) is 6.07 Å². The predicted octanol–water partition coefficient (Wildman–Crippen LogP) is 2.76. The van der Waals surface area contributed by atoms with Crippen molar-refractivity contribution in [2.75, 3.05) is 12.8 Å². The van der Waals surface area contributed by atoms with Gasteiger partial charge >= 0.3 is 0 Å². The van der Waals surface area contributed by atoms with Gasteiger partial charge in [-0.25, -0.2) is 17.5 Å². The largest absolute Gasteiger partial charge is 0.241 e. The Morgan fingerprint density at radius 1 is 1.50 bits per heavy atom. The first kappa shape index (κ1) is 14.3. The van der Waals surface area contributed by atoms with Gasteiger partial charge in [0, 0.05) is 15.8 Å². The van der Waals surface area contributed by atoms with Crippen LogP contribution in [0.3, 0.4) is 0 Å². The summed E-state index contributed by atoms with van der Waals surface area (Å²) in [7, 11) is -3.59. The van der Waals surface area contributed by atoms with Gasteiger partial charge in [0.05, 0.1) is 4.90 Å². The summed E-state index contributed by atoms with van der Waals surface area (Å²) in [4.78, 5) is 0.0702. The lowest BCUT2D eigenvalue weighted by molar-refractivity contribution is 0.578. The van der Waals surface area contributed by atoms with Crippen molar-refractivity contribution in [3.05, 3.63) is 28.5 Å². The number of sulfonamides is 1. The van der Waals surface area contributed by atoms with Gasteiger partial charge in [-0.05, 0) is 53.2 Å². The Morgan fingerprint density at radius 2 is 2.17 bits per heavy atom. The number of hydrogen-bond donors (Lipinski definition) is 1. The summed E-state index contributed by atoms with van der Waals surface area (Å²) in [6, 6.07) is 3.55. The van der Waals surface area contributed by atoms with Gasteiger partial charge in [0.25, 0.3) is 0 Å². The lowest BCUT2D eigenvalue weighted by Gasteiger charge is -2.14. The molecule has 0 heterocycles. The van der Waals surface area contributed by atoms with E-state index in [0.29, 0.717) is 6.54 Å². The van der Waals surface area contributed by atoms with Crippen LogP contribution >= 0.6 is 27.7 Å². The molecule has 100 valence electrons. The maximum Gasteiger partial charge on any atom is 0.241 e. The molecule has 1 aromatic rings. The average molecular weight is 354 g/mol. The van der Waals surface area contributed by atoms with Crippen molar-refractivity contribution in [1.82, 2.24) is 4.72 Å². The molecule has 0 atom stereocenters. The highest BCUT2D eigenvalue weighted by molar-refractivity contribution is 9.10. The van der Waals surface area contributed by atoms with Crippen molar-refractivity contribution in [1.29, 1.82) is 0 Å². The molecule has 0 bridgehead atoms. The van der Waals surface area contributed by atoms with E-state index < -0.39 is 15.8 Å². The van der Waals surface area contributed by atoms with Crippen molar-refractivity contribution in [2.24, 2.45) is 0 Å². The Labute approximate surface area is 119 Å². The molecule has 18 heavy (non-hydrogen) atoms. The molecule has 3 nitrogen and oxygen atoms in total. The number of thioether (sulfide) groups is 1. The summed E-state index contributed by atoms with van der Waals surface area (Å²) in [5.74, 6) is -0.469. The van der Waals surface area contributed by atoms with Crippen molar-refractivity contribution in [3.63, 3.8) is 0 Å². The molecule has 0 radical (unpaired) electrons. The first-order valence-electron chi connectivity index (χ1n) is 5.38. The highest BCUT2D eigenvalue weighted by Crippen LogP contribution is 2.46. The van der Waals surface area contributed by atoms with Crippen LogP contribution < -0.4 is 4.72 Å². The minimum Gasteiger partial charge on any atom is -0.210 e. The van der Waals surface area contributed by atoms with Crippen LogP contribution in [0.15, 0.2) is 27.6 Å². The summed E-state index contributed by atoms with van der Waals surface area (Å²) in [5, 5.41) is 0. The van der Waals surface area contributed by atoms with Crippen molar-refractivity contribution >= 4 is 37.7 Å². The Kier molecular flexibility index (Phi) is 4.06. The fraction of sp³-hybridized carbons (Fsp3) is 0.455. The third-order valence-electron chi connectivity index (χ3n) is 3.01. The number of benzene rings is 1. The van der Waals surface area contributed by atoms with Gasteiger partial charge in [-0.1, -0.05) is 0 Å². The molecular formula is C11H13BrFNO2S2. The van der Waals surface area contributed by atoms with Crippen LogP contribution in [-0.2, 0) is 10.0 Å². The van der Waals surface area contributed by atoms with E-state index in [4.69, 9.17) is 0 Å². The third kappa shape index (κ3) is 3.07. The molecule has 0 saturated heterocycles. The first-order valence-corrected chi connectivity index (χ1v) is 8.89. The lowest BCUT2D eigenvalue weighted by Crippen LogP contribution is -2.32. The average Bonchev–Trinajstić information content (AvgIpc) is 3.07. The van der Waals surface area contributed by atoms with E-state index in [-0.39, 0.29) is 14.1 Å². The SMILES string of the molecule is CSC1(CNS(=O)(=O)c2ccc(F)cc2Br)CC1. The van der Waals surface area contributed by atoms with Crippen LogP contribution in [0, 0.1) is 5.82 Å². The van der Waals surface area contributed by atoms with E-state index in [1.807, 2.05) is 6.26 Å². The molecule has 7 heteroatoms. The zero-order chi connectivity index (χ0) is 13.4. The van der Waals surface area contributed by atoms with Gasteiger partial charge in [0.2, 0.25) is 10.0 Å². The smallest absolute Gasteiger partial charge is 0.210 e. The molecule has 1 saturated carbocycles. The Hall–Kier alpha value is -0.110. The second kappa shape index (κ2) is 5.11. The van der Waals surface area contributed by atoms with Crippen LogP contribution in [0.2, 0.25) is 0 Å². The summed E-state index contributed by atoms with van der Waals surface area (Å²) in [5.41, 5.74) is 0. The molecule has 0 unspecified atom stereocenters. The van der Waals surface area contributed by atoms with Gasteiger partial charge in [-0.2, -0.15) is 11.8 Å². The molecule has 0 amide bonds. The Morgan fingerprint density at radius 3 is 2.67 bits per heavy atom. The van der Waals surface area contributed by atoms with Crippen LogP contribution in [-0.4, -0.2) is 26.0 Å².